The minimum absolute atomic E-state index is 0.194. The molecule has 1 heterocycles. The molecule has 0 radical (unpaired) electrons. The van der Waals surface area contributed by atoms with Crippen LogP contribution in [0.5, 0.6) is 10.9 Å². The highest BCUT2D eigenvalue weighted by atomic mass is 32.1. The summed E-state index contributed by atoms with van der Waals surface area (Å²) in [6.45, 7) is 0. The molecule has 0 atom stereocenters. The summed E-state index contributed by atoms with van der Waals surface area (Å²) in [5, 5.41) is 9.34. The van der Waals surface area contributed by atoms with E-state index >= 15 is 0 Å². The molecule has 2 aromatic rings. The van der Waals surface area contributed by atoms with E-state index in [4.69, 9.17) is 9.84 Å². The number of hydrogen-bond donors (Lipinski definition) is 1. The Bertz CT molecular complexity index is 593. The van der Waals surface area contributed by atoms with E-state index in [0.29, 0.717) is 16.9 Å². The fourth-order valence-electron chi connectivity index (χ4n) is 1.56. The van der Waals surface area contributed by atoms with Gasteiger partial charge in [-0.1, -0.05) is 6.07 Å². The molecule has 1 N–H and O–H groups in total. The predicted octanol–water partition coefficient (Wildman–Crippen LogP) is 2.91. The molecule has 5 nitrogen and oxygen atoms in total. The van der Waals surface area contributed by atoms with Crippen molar-refractivity contribution in [3.8, 4) is 10.9 Å². The molecule has 1 aliphatic carbocycles. The lowest BCUT2D eigenvalue weighted by Gasteiger charge is -2.01. The van der Waals surface area contributed by atoms with Gasteiger partial charge in [0, 0.05) is 17.5 Å². The van der Waals surface area contributed by atoms with E-state index in [-0.39, 0.29) is 5.56 Å². The van der Waals surface area contributed by atoms with Crippen LogP contribution in [0.2, 0.25) is 0 Å². The molecule has 92 valence electrons. The van der Waals surface area contributed by atoms with E-state index in [0.717, 1.165) is 18.7 Å². The Morgan fingerprint density at radius 3 is 3.00 bits per heavy atom. The Hall–Kier alpha value is -1.95. The van der Waals surface area contributed by atoms with Gasteiger partial charge >= 0.3 is 5.97 Å². The highest BCUT2D eigenvalue weighted by Crippen LogP contribution is 2.40. The van der Waals surface area contributed by atoms with Gasteiger partial charge in [-0.15, -0.1) is 0 Å². The number of carbonyl (C=O) groups is 1. The highest BCUT2D eigenvalue weighted by Gasteiger charge is 2.28. The van der Waals surface area contributed by atoms with E-state index in [1.807, 2.05) is 0 Å². The van der Waals surface area contributed by atoms with Gasteiger partial charge in [0.1, 0.15) is 11.6 Å². The quantitative estimate of drug-likeness (QED) is 0.917. The van der Waals surface area contributed by atoms with Crippen molar-refractivity contribution in [1.82, 2.24) is 9.36 Å². The molecule has 0 amide bonds. The lowest BCUT2D eigenvalue weighted by atomic mass is 10.2. The van der Waals surface area contributed by atoms with Crippen molar-refractivity contribution in [3.05, 3.63) is 35.7 Å². The number of ether oxygens (including phenoxy) is 1. The summed E-state index contributed by atoms with van der Waals surface area (Å²) in [5.41, 5.74) is 0.194. The zero-order valence-corrected chi connectivity index (χ0v) is 10.2. The number of carboxylic acid groups (broad SMARTS) is 1. The van der Waals surface area contributed by atoms with E-state index in [9.17, 15) is 4.79 Å². The number of hydrogen-bond acceptors (Lipinski definition) is 5. The monoisotopic (exact) mass is 262 g/mol. The van der Waals surface area contributed by atoms with Crippen LogP contribution in [0.4, 0.5) is 0 Å². The van der Waals surface area contributed by atoms with Crippen LogP contribution < -0.4 is 4.74 Å². The van der Waals surface area contributed by atoms with Crippen molar-refractivity contribution in [1.29, 1.82) is 0 Å². The van der Waals surface area contributed by atoms with Crippen molar-refractivity contribution in [3.63, 3.8) is 0 Å². The molecule has 1 aromatic carbocycles. The second kappa shape index (κ2) is 4.38. The van der Waals surface area contributed by atoms with E-state index < -0.39 is 5.97 Å². The smallest absolute Gasteiger partial charge is 0.335 e. The molecule has 1 saturated carbocycles. The van der Waals surface area contributed by atoms with Crippen molar-refractivity contribution < 1.29 is 14.6 Å². The molecule has 18 heavy (non-hydrogen) atoms. The Morgan fingerprint density at radius 1 is 1.44 bits per heavy atom. The predicted molar refractivity (Wildman–Crippen MR) is 65.4 cm³/mol. The van der Waals surface area contributed by atoms with Crippen molar-refractivity contribution in [2.75, 3.05) is 0 Å². The Balaban J connectivity index is 1.78. The third kappa shape index (κ3) is 2.33. The first-order valence-corrected chi connectivity index (χ1v) is 6.34. The molecular formula is C12H10N2O3S. The van der Waals surface area contributed by atoms with Crippen molar-refractivity contribution >= 4 is 17.5 Å². The molecule has 1 aliphatic rings. The van der Waals surface area contributed by atoms with Crippen LogP contribution in [0.15, 0.2) is 24.3 Å². The third-order valence-electron chi connectivity index (χ3n) is 2.65. The van der Waals surface area contributed by atoms with Crippen LogP contribution in [0.25, 0.3) is 0 Å². The van der Waals surface area contributed by atoms with E-state index in [1.165, 1.54) is 23.7 Å². The zero-order valence-electron chi connectivity index (χ0n) is 9.37. The summed E-state index contributed by atoms with van der Waals surface area (Å²) < 4.78 is 9.73. The molecule has 0 spiro atoms. The first-order chi connectivity index (χ1) is 8.72. The molecule has 0 aliphatic heterocycles. The van der Waals surface area contributed by atoms with E-state index in [1.54, 1.807) is 12.1 Å². The fourth-order valence-corrected chi connectivity index (χ4v) is 2.19. The van der Waals surface area contributed by atoms with E-state index in [2.05, 4.69) is 9.36 Å². The lowest BCUT2D eigenvalue weighted by molar-refractivity contribution is 0.0696. The molecular weight excluding hydrogens is 252 g/mol. The molecule has 0 saturated heterocycles. The normalized spacial score (nSPS) is 14.4. The molecule has 0 bridgehead atoms. The van der Waals surface area contributed by atoms with Gasteiger partial charge in [0.15, 0.2) is 0 Å². The number of aromatic nitrogens is 2. The SMILES string of the molecule is O=C(O)c1cccc(Oc2nc(C3CC3)ns2)c1. The summed E-state index contributed by atoms with van der Waals surface area (Å²) in [6.07, 6.45) is 2.29. The van der Waals surface area contributed by atoms with Gasteiger partial charge in [0.25, 0.3) is 5.19 Å². The van der Waals surface area contributed by atoms with Gasteiger partial charge in [0.05, 0.1) is 5.56 Å². The Morgan fingerprint density at radius 2 is 2.28 bits per heavy atom. The maximum Gasteiger partial charge on any atom is 0.335 e. The second-order valence-electron chi connectivity index (χ2n) is 4.13. The number of benzene rings is 1. The number of carboxylic acids is 1. The second-order valence-corrected chi connectivity index (χ2v) is 4.84. The lowest BCUT2D eigenvalue weighted by Crippen LogP contribution is -1.96. The summed E-state index contributed by atoms with van der Waals surface area (Å²) in [7, 11) is 0. The standard InChI is InChI=1S/C12H10N2O3S/c15-11(16)8-2-1-3-9(6-8)17-12-13-10(14-18-12)7-4-5-7/h1-3,6-7H,4-5H2,(H,15,16). The first-order valence-electron chi connectivity index (χ1n) is 5.57. The van der Waals surface area contributed by atoms with Gasteiger partial charge in [0.2, 0.25) is 0 Å². The Labute approximate surface area is 107 Å². The summed E-state index contributed by atoms with van der Waals surface area (Å²) in [4.78, 5) is 15.1. The molecule has 1 fully saturated rings. The number of aromatic carboxylic acids is 1. The van der Waals surface area contributed by atoms with Gasteiger partial charge < -0.3 is 9.84 Å². The summed E-state index contributed by atoms with van der Waals surface area (Å²) in [6, 6.07) is 6.33. The van der Waals surface area contributed by atoms with Gasteiger partial charge in [-0.25, -0.2) is 4.79 Å². The average Bonchev–Trinajstić information content (AvgIpc) is 3.11. The van der Waals surface area contributed by atoms with Crippen LogP contribution in [-0.4, -0.2) is 20.4 Å². The Kier molecular flexibility index (Phi) is 2.71. The molecule has 6 heteroatoms. The van der Waals surface area contributed by atoms with Crippen molar-refractivity contribution in [2.24, 2.45) is 0 Å². The van der Waals surface area contributed by atoms with Gasteiger partial charge in [-0.3, -0.25) is 0 Å². The summed E-state index contributed by atoms with van der Waals surface area (Å²) in [5.74, 6) is 0.818. The third-order valence-corrected chi connectivity index (χ3v) is 3.26. The minimum Gasteiger partial charge on any atom is -0.478 e. The largest absolute Gasteiger partial charge is 0.478 e. The van der Waals surface area contributed by atoms with Crippen LogP contribution in [0.1, 0.15) is 34.9 Å². The fraction of sp³-hybridized carbons (Fsp3) is 0.250. The topological polar surface area (TPSA) is 72.3 Å². The molecule has 1 aromatic heterocycles. The first kappa shape index (κ1) is 11.2. The van der Waals surface area contributed by atoms with Gasteiger partial charge in [-0.05, 0) is 31.0 Å². The maximum atomic E-state index is 10.8. The van der Waals surface area contributed by atoms with Gasteiger partial charge in [-0.2, -0.15) is 9.36 Å². The summed E-state index contributed by atoms with van der Waals surface area (Å²) >= 11 is 1.20. The van der Waals surface area contributed by atoms with Crippen LogP contribution in [0, 0.1) is 0 Å². The minimum atomic E-state index is -0.976. The maximum absolute atomic E-state index is 10.8. The van der Waals surface area contributed by atoms with Crippen LogP contribution in [-0.2, 0) is 0 Å². The molecule has 3 rings (SSSR count). The average molecular weight is 262 g/mol. The number of nitrogens with zero attached hydrogens (tertiary/aromatic N) is 2. The van der Waals surface area contributed by atoms with Crippen LogP contribution in [0.3, 0.4) is 0 Å². The number of rotatable bonds is 4. The molecule has 0 unspecified atom stereocenters. The van der Waals surface area contributed by atoms with Crippen LogP contribution >= 0.6 is 11.5 Å². The zero-order chi connectivity index (χ0) is 12.5. The van der Waals surface area contributed by atoms with Crippen molar-refractivity contribution in [2.45, 2.75) is 18.8 Å². The highest BCUT2D eigenvalue weighted by molar-refractivity contribution is 7.07.